The molecule has 2 rings (SSSR count). The van der Waals surface area contributed by atoms with Gasteiger partial charge >= 0.3 is 12.0 Å². The van der Waals surface area contributed by atoms with Crippen molar-refractivity contribution in [3.05, 3.63) is 63.9 Å². The number of rotatable bonds is 4. The van der Waals surface area contributed by atoms with Crippen molar-refractivity contribution in [3.8, 4) is 0 Å². The van der Waals surface area contributed by atoms with Crippen molar-refractivity contribution in [2.45, 2.75) is 0 Å². The second-order valence-corrected chi connectivity index (χ2v) is 5.50. The number of hydrogen-bond donors (Lipinski definition) is 2. The molecular formula is C16H11Cl2FN2O4. The van der Waals surface area contributed by atoms with Gasteiger partial charge in [0, 0.05) is 0 Å². The predicted molar refractivity (Wildman–Crippen MR) is 90.3 cm³/mol. The molecular weight excluding hydrogens is 374 g/mol. The maximum Gasteiger partial charge on any atom is 0.338 e. The molecule has 0 aromatic heterocycles. The Labute approximate surface area is 151 Å². The van der Waals surface area contributed by atoms with E-state index in [1.807, 2.05) is 5.32 Å². The van der Waals surface area contributed by atoms with E-state index in [0.717, 1.165) is 6.07 Å². The summed E-state index contributed by atoms with van der Waals surface area (Å²) in [5, 5.41) is 4.48. The first-order chi connectivity index (χ1) is 11.9. The fourth-order valence-electron chi connectivity index (χ4n) is 1.72. The monoisotopic (exact) mass is 384 g/mol. The zero-order valence-corrected chi connectivity index (χ0v) is 14.0. The van der Waals surface area contributed by atoms with Gasteiger partial charge in [-0.3, -0.25) is 10.1 Å². The number of ether oxygens (including phenoxy) is 1. The van der Waals surface area contributed by atoms with Gasteiger partial charge in [0.1, 0.15) is 5.82 Å². The zero-order chi connectivity index (χ0) is 18.4. The van der Waals surface area contributed by atoms with Crippen LogP contribution >= 0.6 is 23.2 Å². The van der Waals surface area contributed by atoms with Crippen molar-refractivity contribution in [1.82, 2.24) is 5.32 Å². The number of carbonyl (C=O) groups excluding carboxylic acids is 3. The summed E-state index contributed by atoms with van der Waals surface area (Å²) in [7, 11) is 0. The highest BCUT2D eigenvalue weighted by molar-refractivity contribution is 6.42. The van der Waals surface area contributed by atoms with Crippen LogP contribution in [0, 0.1) is 5.82 Å². The molecule has 2 N–H and O–H groups in total. The van der Waals surface area contributed by atoms with E-state index in [-0.39, 0.29) is 21.3 Å². The Morgan fingerprint density at radius 3 is 2.44 bits per heavy atom. The summed E-state index contributed by atoms with van der Waals surface area (Å²) in [6.07, 6.45) is 0. The minimum atomic E-state index is -0.958. The van der Waals surface area contributed by atoms with Crippen LogP contribution in [0.3, 0.4) is 0 Å². The lowest BCUT2D eigenvalue weighted by molar-refractivity contribution is -0.123. The van der Waals surface area contributed by atoms with E-state index in [9.17, 15) is 18.8 Å². The van der Waals surface area contributed by atoms with Crippen LogP contribution in [0.1, 0.15) is 10.4 Å². The Morgan fingerprint density at radius 2 is 1.76 bits per heavy atom. The lowest BCUT2D eigenvalue weighted by Crippen LogP contribution is -2.37. The number of nitrogens with one attached hydrogen (secondary N) is 2. The van der Waals surface area contributed by atoms with Gasteiger partial charge in [0.2, 0.25) is 0 Å². The second-order valence-electron chi connectivity index (χ2n) is 4.69. The molecule has 0 spiro atoms. The molecule has 9 heteroatoms. The third-order valence-electron chi connectivity index (χ3n) is 2.86. The fourth-order valence-corrected chi connectivity index (χ4v) is 2.01. The van der Waals surface area contributed by atoms with Crippen LogP contribution in [0.15, 0.2) is 42.5 Å². The van der Waals surface area contributed by atoms with Crippen molar-refractivity contribution in [2.24, 2.45) is 0 Å². The second kappa shape index (κ2) is 8.46. The third-order valence-corrected chi connectivity index (χ3v) is 3.60. The van der Waals surface area contributed by atoms with Crippen LogP contribution < -0.4 is 10.6 Å². The molecule has 130 valence electrons. The molecule has 0 bridgehead atoms. The van der Waals surface area contributed by atoms with E-state index >= 15 is 0 Å². The van der Waals surface area contributed by atoms with Gasteiger partial charge in [-0.15, -0.1) is 0 Å². The number of amides is 3. The van der Waals surface area contributed by atoms with Gasteiger partial charge in [-0.2, -0.15) is 0 Å². The summed E-state index contributed by atoms with van der Waals surface area (Å²) in [5.41, 5.74) is -0.00129. The van der Waals surface area contributed by atoms with Gasteiger partial charge in [-0.05, 0) is 30.3 Å². The maximum absolute atomic E-state index is 13.4. The summed E-state index contributed by atoms with van der Waals surface area (Å²) in [6.45, 7) is -0.705. The smallest absolute Gasteiger partial charge is 0.338 e. The van der Waals surface area contributed by atoms with Gasteiger partial charge in [0.05, 0.1) is 21.3 Å². The highest BCUT2D eigenvalue weighted by Crippen LogP contribution is 2.22. The topological polar surface area (TPSA) is 84.5 Å². The molecule has 0 fully saturated rings. The number of halogens is 3. The summed E-state index contributed by atoms with van der Waals surface area (Å²) in [6, 6.07) is 8.54. The van der Waals surface area contributed by atoms with E-state index in [0.29, 0.717) is 0 Å². The molecule has 0 saturated carbocycles. The summed E-state index contributed by atoms with van der Waals surface area (Å²) in [4.78, 5) is 35.0. The lowest BCUT2D eigenvalue weighted by Gasteiger charge is -2.08. The van der Waals surface area contributed by atoms with E-state index in [1.54, 1.807) is 0 Å². The Balaban J connectivity index is 1.83. The first-order valence-corrected chi connectivity index (χ1v) is 7.60. The van der Waals surface area contributed by atoms with Gasteiger partial charge in [0.25, 0.3) is 5.91 Å². The minimum Gasteiger partial charge on any atom is -0.452 e. The number of benzene rings is 2. The van der Waals surface area contributed by atoms with Crippen LogP contribution in [0.25, 0.3) is 0 Å². The van der Waals surface area contributed by atoms with Crippen molar-refractivity contribution in [2.75, 3.05) is 11.9 Å². The molecule has 0 radical (unpaired) electrons. The van der Waals surface area contributed by atoms with Gasteiger partial charge in [-0.25, -0.2) is 14.0 Å². The Morgan fingerprint density at radius 1 is 1.04 bits per heavy atom. The summed E-state index contributed by atoms with van der Waals surface area (Å²) in [5.74, 6) is -2.36. The highest BCUT2D eigenvalue weighted by atomic mass is 35.5. The number of imide groups is 1. The molecule has 6 nitrogen and oxygen atoms in total. The average molecular weight is 385 g/mol. The third kappa shape index (κ3) is 5.44. The standard InChI is InChI=1S/C16H11Cl2FN2O4/c17-10-6-5-9(7-11(10)18)15(23)25-8-14(22)21-16(24)20-13-4-2-1-3-12(13)19/h1-7H,8H2,(H2,20,21,22,24). The zero-order valence-electron chi connectivity index (χ0n) is 12.5. The van der Waals surface area contributed by atoms with Gasteiger partial charge in [-0.1, -0.05) is 35.3 Å². The Bertz CT molecular complexity index is 830. The molecule has 2 aromatic carbocycles. The molecule has 0 aliphatic rings. The Hall–Kier alpha value is -2.64. The number of carbonyl (C=O) groups is 3. The molecule has 0 saturated heterocycles. The largest absolute Gasteiger partial charge is 0.452 e. The number of urea groups is 1. The maximum atomic E-state index is 13.4. The first-order valence-electron chi connectivity index (χ1n) is 6.84. The SMILES string of the molecule is O=C(COC(=O)c1ccc(Cl)c(Cl)c1)NC(=O)Nc1ccccc1F. The molecule has 0 atom stereocenters. The minimum absolute atomic E-state index is 0.0954. The quantitative estimate of drug-likeness (QED) is 0.788. The van der Waals surface area contributed by atoms with Crippen molar-refractivity contribution in [1.29, 1.82) is 0 Å². The first kappa shape index (κ1) is 18.7. The van der Waals surface area contributed by atoms with Crippen molar-refractivity contribution >= 4 is 46.8 Å². The number of anilines is 1. The Kier molecular flexibility index (Phi) is 6.32. The van der Waals surface area contributed by atoms with E-state index in [4.69, 9.17) is 27.9 Å². The van der Waals surface area contributed by atoms with Crippen LogP contribution in [0.5, 0.6) is 0 Å². The van der Waals surface area contributed by atoms with E-state index in [1.165, 1.54) is 36.4 Å². The molecule has 0 heterocycles. The lowest BCUT2D eigenvalue weighted by atomic mass is 10.2. The highest BCUT2D eigenvalue weighted by Gasteiger charge is 2.14. The predicted octanol–water partition coefficient (Wildman–Crippen LogP) is 3.64. The molecule has 0 unspecified atom stereocenters. The van der Waals surface area contributed by atoms with Crippen molar-refractivity contribution < 1.29 is 23.5 Å². The molecule has 0 aliphatic carbocycles. The molecule has 2 aromatic rings. The molecule has 3 amide bonds. The van der Waals surface area contributed by atoms with Crippen molar-refractivity contribution in [3.63, 3.8) is 0 Å². The summed E-state index contributed by atoms with van der Waals surface area (Å²) >= 11 is 11.5. The van der Waals surface area contributed by atoms with Crippen LogP contribution in [0.4, 0.5) is 14.9 Å². The summed E-state index contributed by atoms with van der Waals surface area (Å²) < 4.78 is 18.1. The normalized spacial score (nSPS) is 10.0. The van der Waals surface area contributed by atoms with Crippen LogP contribution in [-0.2, 0) is 9.53 Å². The average Bonchev–Trinajstić information content (AvgIpc) is 2.57. The fraction of sp³-hybridized carbons (Fsp3) is 0.0625. The number of esters is 1. The van der Waals surface area contributed by atoms with Gasteiger partial charge in [0.15, 0.2) is 6.61 Å². The van der Waals surface area contributed by atoms with Gasteiger partial charge < -0.3 is 10.1 Å². The molecule has 25 heavy (non-hydrogen) atoms. The number of para-hydroxylation sites is 1. The van der Waals surface area contributed by atoms with E-state index in [2.05, 4.69) is 5.32 Å². The van der Waals surface area contributed by atoms with Crippen LogP contribution in [0.2, 0.25) is 10.0 Å². The number of hydrogen-bond acceptors (Lipinski definition) is 4. The van der Waals surface area contributed by atoms with Crippen LogP contribution in [-0.4, -0.2) is 24.5 Å². The molecule has 0 aliphatic heterocycles. The van der Waals surface area contributed by atoms with E-state index < -0.39 is 30.3 Å².